The van der Waals surface area contributed by atoms with Crippen LogP contribution < -0.4 is 10.1 Å². The molecule has 40 heavy (non-hydrogen) atoms. The number of ether oxygens (including phenoxy) is 2. The van der Waals surface area contributed by atoms with Crippen molar-refractivity contribution >= 4 is 22.8 Å². The molecule has 1 amide bonds. The Bertz CT molecular complexity index is 1460. The van der Waals surface area contributed by atoms with Crippen LogP contribution in [0.1, 0.15) is 92.4 Å². The third-order valence-corrected chi connectivity index (χ3v) is 8.03. The summed E-state index contributed by atoms with van der Waals surface area (Å²) in [5.74, 6) is 0.0632. The number of carboxylic acids is 1. The average Bonchev–Trinajstić information content (AvgIpc) is 2.90. The van der Waals surface area contributed by atoms with Crippen LogP contribution in [-0.2, 0) is 16.0 Å². The van der Waals surface area contributed by atoms with E-state index in [0.717, 1.165) is 54.4 Å². The van der Waals surface area contributed by atoms with E-state index < -0.39 is 17.7 Å². The number of aromatic nitrogens is 2. The third-order valence-electron chi connectivity index (χ3n) is 8.03. The summed E-state index contributed by atoms with van der Waals surface area (Å²) >= 11 is 0. The van der Waals surface area contributed by atoms with E-state index in [9.17, 15) is 14.7 Å². The Morgan fingerprint density at radius 2 is 1.85 bits per heavy atom. The summed E-state index contributed by atoms with van der Waals surface area (Å²) in [6.45, 7) is 11.9. The summed E-state index contributed by atoms with van der Waals surface area (Å²) in [5.41, 5.74) is 4.22. The second-order valence-corrected chi connectivity index (χ2v) is 12.2. The van der Waals surface area contributed by atoms with Gasteiger partial charge in [0.05, 0.1) is 17.7 Å². The molecule has 3 heterocycles. The lowest BCUT2D eigenvalue weighted by molar-refractivity contribution is -0.160. The van der Waals surface area contributed by atoms with Gasteiger partial charge in [-0.1, -0.05) is 6.92 Å². The van der Waals surface area contributed by atoms with E-state index in [2.05, 4.69) is 12.2 Å². The fraction of sp³-hybridized carbons (Fsp3) is 0.500. The molecule has 1 aromatic carbocycles. The maximum absolute atomic E-state index is 13.7. The van der Waals surface area contributed by atoms with Crippen molar-refractivity contribution in [1.82, 2.24) is 15.3 Å². The minimum atomic E-state index is -1.29. The van der Waals surface area contributed by atoms with Crippen molar-refractivity contribution in [2.24, 2.45) is 5.92 Å². The number of nitrogens with zero attached hydrogens (tertiary/aromatic N) is 2. The van der Waals surface area contributed by atoms with Crippen LogP contribution in [0.15, 0.2) is 24.4 Å². The van der Waals surface area contributed by atoms with Gasteiger partial charge in [-0.05, 0) is 101 Å². The summed E-state index contributed by atoms with van der Waals surface area (Å²) < 4.78 is 12.1. The van der Waals surface area contributed by atoms with Gasteiger partial charge in [0.2, 0.25) is 0 Å². The molecule has 2 N–H and O–H groups in total. The van der Waals surface area contributed by atoms with Crippen molar-refractivity contribution in [1.29, 1.82) is 0 Å². The lowest BCUT2D eigenvalue weighted by atomic mass is 9.86. The highest BCUT2D eigenvalue weighted by Crippen LogP contribution is 2.43. The smallest absolute Gasteiger partial charge is 0.337 e. The Hall–Kier alpha value is -3.52. The van der Waals surface area contributed by atoms with Crippen LogP contribution in [0.5, 0.6) is 5.75 Å². The number of carbonyl (C=O) groups excluding carboxylic acids is 1. The summed E-state index contributed by atoms with van der Waals surface area (Å²) in [4.78, 5) is 35.8. The zero-order valence-electron chi connectivity index (χ0n) is 24.3. The highest BCUT2D eigenvalue weighted by atomic mass is 16.5. The molecule has 1 fully saturated rings. The molecule has 0 saturated heterocycles. The van der Waals surface area contributed by atoms with Gasteiger partial charge in [-0.15, -0.1) is 0 Å². The maximum Gasteiger partial charge on any atom is 0.337 e. The normalized spacial score (nSPS) is 19.6. The molecule has 3 aromatic rings. The molecule has 5 rings (SSSR count). The molecule has 1 atom stereocenters. The lowest BCUT2D eigenvalue weighted by Crippen LogP contribution is -2.38. The second kappa shape index (κ2) is 10.8. The van der Waals surface area contributed by atoms with Crippen LogP contribution in [0.4, 0.5) is 0 Å². The predicted octanol–water partition coefficient (Wildman–Crippen LogP) is 6.10. The van der Waals surface area contributed by atoms with Gasteiger partial charge in [-0.25, -0.2) is 9.78 Å². The molecule has 1 aliphatic heterocycles. The minimum absolute atomic E-state index is 0.101. The summed E-state index contributed by atoms with van der Waals surface area (Å²) in [6, 6.07) is 5.91. The highest BCUT2D eigenvalue weighted by Gasteiger charge is 2.35. The molecule has 2 aromatic heterocycles. The monoisotopic (exact) mass is 545 g/mol. The molecule has 0 radical (unpaired) electrons. The van der Waals surface area contributed by atoms with Gasteiger partial charge < -0.3 is 19.9 Å². The molecular weight excluding hydrogens is 506 g/mol. The number of amides is 1. The Balaban J connectivity index is 1.72. The molecule has 1 saturated carbocycles. The number of carboxylic acid groups (broad SMARTS) is 1. The van der Waals surface area contributed by atoms with Gasteiger partial charge in [-0.2, -0.15) is 0 Å². The van der Waals surface area contributed by atoms with Crippen LogP contribution in [0.2, 0.25) is 0 Å². The number of aryl methyl sites for hydroxylation is 1. The van der Waals surface area contributed by atoms with Gasteiger partial charge >= 0.3 is 5.97 Å². The topological polar surface area (TPSA) is 111 Å². The van der Waals surface area contributed by atoms with Crippen molar-refractivity contribution in [2.45, 2.75) is 91.4 Å². The van der Waals surface area contributed by atoms with Crippen molar-refractivity contribution in [2.75, 3.05) is 6.61 Å². The summed E-state index contributed by atoms with van der Waals surface area (Å²) in [5, 5.41) is 14.5. The van der Waals surface area contributed by atoms with Crippen molar-refractivity contribution in [3.05, 3.63) is 52.5 Å². The number of rotatable bonds is 6. The van der Waals surface area contributed by atoms with E-state index in [1.54, 1.807) is 13.1 Å². The number of aliphatic carboxylic acids is 1. The van der Waals surface area contributed by atoms with E-state index in [0.29, 0.717) is 46.1 Å². The summed E-state index contributed by atoms with van der Waals surface area (Å²) in [7, 11) is 0. The Labute approximate surface area is 235 Å². The Morgan fingerprint density at radius 1 is 1.12 bits per heavy atom. The quantitative estimate of drug-likeness (QED) is 0.385. The van der Waals surface area contributed by atoms with Gasteiger partial charge in [0.1, 0.15) is 11.4 Å². The number of hydrogen-bond donors (Lipinski definition) is 2. The van der Waals surface area contributed by atoms with Gasteiger partial charge in [-0.3, -0.25) is 9.78 Å². The fourth-order valence-electron chi connectivity index (χ4n) is 6.05. The van der Waals surface area contributed by atoms with E-state index in [-0.39, 0.29) is 11.9 Å². The standard InChI is InChI=1S/C32H39N3O5/c1-17-7-9-21(10-8-17)35-30(36)27-18(2)24(25(19(3)34-27)29(31(37)38)40-32(4,5)6)22-11-12-23-26-20(14-16-39-23)13-15-33-28(22)26/h11-13,15,17,21,29H,7-10,14,16H2,1-6H3,(H,35,36)(H,37,38)/t17?,21?,29-/m0/s1. The van der Waals surface area contributed by atoms with Crippen LogP contribution in [-0.4, -0.2) is 45.2 Å². The number of benzene rings is 1. The van der Waals surface area contributed by atoms with E-state index in [1.165, 1.54) is 0 Å². The maximum atomic E-state index is 13.7. The average molecular weight is 546 g/mol. The van der Waals surface area contributed by atoms with Crippen LogP contribution in [0.25, 0.3) is 22.0 Å². The molecule has 1 aliphatic carbocycles. The first kappa shape index (κ1) is 28.0. The minimum Gasteiger partial charge on any atom is -0.493 e. The van der Waals surface area contributed by atoms with Crippen molar-refractivity contribution in [3.63, 3.8) is 0 Å². The molecule has 8 heteroatoms. The molecule has 212 valence electrons. The number of pyridine rings is 2. The van der Waals surface area contributed by atoms with Crippen molar-refractivity contribution < 1.29 is 24.2 Å². The SMILES string of the molecule is Cc1nc(C(=O)NC2CCC(C)CC2)c(C)c(-c2ccc3c4c(ccnc24)CCO3)c1[C@H](OC(C)(C)C)C(=O)O. The first-order valence-corrected chi connectivity index (χ1v) is 14.2. The largest absolute Gasteiger partial charge is 0.493 e. The molecule has 2 aliphatic rings. The second-order valence-electron chi connectivity index (χ2n) is 12.2. The lowest BCUT2D eigenvalue weighted by Gasteiger charge is -2.30. The number of hydrogen-bond acceptors (Lipinski definition) is 6. The van der Waals surface area contributed by atoms with E-state index >= 15 is 0 Å². The van der Waals surface area contributed by atoms with Crippen LogP contribution >= 0.6 is 0 Å². The third kappa shape index (κ3) is 5.42. The Morgan fingerprint density at radius 3 is 2.52 bits per heavy atom. The van der Waals surface area contributed by atoms with Gasteiger partial charge in [0, 0.05) is 40.9 Å². The summed E-state index contributed by atoms with van der Waals surface area (Å²) in [6.07, 6.45) is 5.29. The molecule has 0 bridgehead atoms. The van der Waals surface area contributed by atoms with Gasteiger partial charge in [0.15, 0.2) is 6.10 Å². The van der Waals surface area contributed by atoms with Crippen LogP contribution in [0, 0.1) is 19.8 Å². The molecular formula is C32H39N3O5. The number of nitrogens with one attached hydrogen (secondary N) is 1. The highest BCUT2D eigenvalue weighted by molar-refractivity contribution is 6.03. The molecule has 0 unspecified atom stereocenters. The molecule has 0 spiro atoms. The van der Waals surface area contributed by atoms with Crippen molar-refractivity contribution in [3.8, 4) is 16.9 Å². The number of carbonyl (C=O) groups is 2. The van der Waals surface area contributed by atoms with Crippen LogP contribution in [0.3, 0.4) is 0 Å². The fourth-order valence-corrected chi connectivity index (χ4v) is 6.05. The Kier molecular flexibility index (Phi) is 7.57. The molecule has 8 nitrogen and oxygen atoms in total. The first-order chi connectivity index (χ1) is 18.9. The zero-order valence-corrected chi connectivity index (χ0v) is 24.3. The van der Waals surface area contributed by atoms with E-state index in [4.69, 9.17) is 19.4 Å². The first-order valence-electron chi connectivity index (χ1n) is 14.2. The zero-order chi connectivity index (χ0) is 28.8. The predicted molar refractivity (Wildman–Crippen MR) is 154 cm³/mol. The van der Waals surface area contributed by atoms with E-state index in [1.807, 2.05) is 45.9 Å². The van der Waals surface area contributed by atoms with Gasteiger partial charge in [0.25, 0.3) is 5.91 Å².